The molecule has 1 aliphatic rings. The van der Waals surface area contributed by atoms with E-state index in [1.165, 1.54) is 0 Å². The van der Waals surface area contributed by atoms with Crippen molar-refractivity contribution >= 4 is 39.1 Å². The van der Waals surface area contributed by atoms with E-state index in [4.69, 9.17) is 4.74 Å². The summed E-state index contributed by atoms with van der Waals surface area (Å²) in [5.74, 6) is -7.88. The minimum atomic E-state index is -3.51. The zero-order valence-electron chi connectivity index (χ0n) is 13.5. The van der Waals surface area contributed by atoms with Crippen molar-refractivity contribution in [3.8, 4) is 0 Å². The lowest BCUT2D eigenvalue weighted by molar-refractivity contribution is -0.380. The zero-order valence-corrected chi connectivity index (χ0v) is 15.1. The summed E-state index contributed by atoms with van der Waals surface area (Å²) in [6.07, 6.45) is 0. The molecule has 24 heavy (non-hydrogen) atoms. The maximum atomic E-state index is 12.1. The van der Waals surface area contributed by atoms with Crippen molar-refractivity contribution in [3.63, 3.8) is 0 Å². The maximum Gasteiger partial charge on any atom is 0.226 e. The van der Waals surface area contributed by atoms with Gasteiger partial charge in [0.2, 0.25) is 17.0 Å². The summed E-state index contributed by atoms with van der Waals surface area (Å²) >= 11 is 2.75. The van der Waals surface area contributed by atoms with E-state index in [-0.39, 0.29) is 0 Å². The average Bonchev–Trinajstić information content (AvgIpc) is 2.47. The molecular weight excluding hydrogens is 392 g/mol. The Labute approximate surface area is 145 Å². The van der Waals surface area contributed by atoms with Crippen LogP contribution >= 0.6 is 15.9 Å². The number of ether oxygens (including phenoxy) is 1. The molecular formula is C14H19BrO9. The van der Waals surface area contributed by atoms with Gasteiger partial charge in [-0.15, -0.1) is 0 Å². The van der Waals surface area contributed by atoms with E-state index >= 15 is 0 Å². The van der Waals surface area contributed by atoms with Gasteiger partial charge in [0.25, 0.3) is 0 Å². The second-order valence-corrected chi connectivity index (χ2v) is 6.82. The first-order valence-electron chi connectivity index (χ1n) is 6.85. The quantitative estimate of drug-likeness (QED) is 0.376. The van der Waals surface area contributed by atoms with Crippen molar-refractivity contribution in [2.45, 2.75) is 55.1 Å². The summed E-state index contributed by atoms with van der Waals surface area (Å²) in [6.45, 7) is 2.07. The number of hydrogen-bond acceptors (Lipinski definition) is 9. The highest BCUT2D eigenvalue weighted by molar-refractivity contribution is 9.10. The normalized spacial score (nSPS) is 40.7. The Bertz CT molecular complexity index is 619. The SMILES string of the molecule is CC(=O)C(Br)[C@]1(O)OC[C@](O)(C(C)=O)[C@](O)(C(C)=O)[C@@]1(O)C(C)=O. The fraction of sp³-hybridized carbons (Fsp3) is 0.714. The molecule has 1 saturated heterocycles. The lowest BCUT2D eigenvalue weighted by Gasteiger charge is -2.58. The number of carbonyl (C=O) groups excluding carboxylic acids is 4. The second kappa shape index (κ2) is 6.04. The van der Waals surface area contributed by atoms with Gasteiger partial charge in [0.15, 0.2) is 23.0 Å². The van der Waals surface area contributed by atoms with Gasteiger partial charge in [0.05, 0.1) is 6.61 Å². The summed E-state index contributed by atoms with van der Waals surface area (Å²) in [5.41, 5.74) is -9.98. The van der Waals surface area contributed by atoms with Gasteiger partial charge >= 0.3 is 0 Å². The first kappa shape index (κ1) is 21.0. The molecule has 0 saturated carbocycles. The fourth-order valence-corrected chi connectivity index (χ4v) is 3.39. The number of ketones is 4. The van der Waals surface area contributed by atoms with Crippen LogP contribution in [0.1, 0.15) is 27.7 Å². The highest BCUT2D eigenvalue weighted by Gasteiger charge is 2.81. The molecule has 9 nitrogen and oxygen atoms in total. The van der Waals surface area contributed by atoms with Crippen LogP contribution in [0.2, 0.25) is 0 Å². The molecule has 10 heteroatoms. The highest BCUT2D eigenvalue weighted by Crippen LogP contribution is 2.50. The van der Waals surface area contributed by atoms with Crippen molar-refractivity contribution < 1.29 is 44.3 Å². The standard InChI is InChI=1S/C14H19BrO9/c1-6(16)10(15)14(23)13(22,9(4)19)12(21,8(3)18)11(20,5-24-14)7(2)17/h10,20-23H,5H2,1-4H3/t10?,11-,12+,13-,14-/m0/s1. The number of carbonyl (C=O) groups is 4. The van der Waals surface area contributed by atoms with Crippen LogP contribution in [0.4, 0.5) is 0 Å². The molecule has 0 aromatic carbocycles. The predicted molar refractivity (Wildman–Crippen MR) is 81.2 cm³/mol. The van der Waals surface area contributed by atoms with Gasteiger partial charge < -0.3 is 25.2 Å². The van der Waals surface area contributed by atoms with Gasteiger partial charge in [-0.05, 0) is 27.7 Å². The zero-order chi connectivity index (χ0) is 19.3. The Balaban J connectivity index is 3.90. The van der Waals surface area contributed by atoms with Crippen molar-refractivity contribution in [2.75, 3.05) is 6.61 Å². The molecule has 136 valence electrons. The Hall–Kier alpha value is -1.04. The number of Topliss-reactive ketones (excluding diaryl/α,β-unsaturated/α-hetero) is 4. The van der Waals surface area contributed by atoms with E-state index in [0.29, 0.717) is 13.8 Å². The molecule has 1 fully saturated rings. The molecule has 0 aromatic rings. The van der Waals surface area contributed by atoms with E-state index in [2.05, 4.69) is 15.9 Å². The van der Waals surface area contributed by atoms with Gasteiger partial charge in [0.1, 0.15) is 10.6 Å². The van der Waals surface area contributed by atoms with Crippen molar-refractivity contribution in [1.29, 1.82) is 0 Å². The topological polar surface area (TPSA) is 158 Å². The van der Waals surface area contributed by atoms with Crippen LogP contribution in [0.3, 0.4) is 0 Å². The highest BCUT2D eigenvalue weighted by atomic mass is 79.9. The van der Waals surface area contributed by atoms with E-state index < -0.39 is 57.2 Å². The van der Waals surface area contributed by atoms with Gasteiger partial charge in [-0.1, -0.05) is 15.9 Å². The molecule has 4 N–H and O–H groups in total. The molecule has 0 amide bonds. The predicted octanol–water partition coefficient (Wildman–Crippen LogP) is -1.98. The molecule has 1 unspecified atom stereocenters. The third kappa shape index (κ3) is 2.25. The van der Waals surface area contributed by atoms with E-state index in [1.54, 1.807) is 0 Å². The first-order chi connectivity index (χ1) is 10.6. The van der Waals surface area contributed by atoms with E-state index in [1.807, 2.05) is 0 Å². The van der Waals surface area contributed by atoms with Crippen LogP contribution in [0.15, 0.2) is 0 Å². The van der Waals surface area contributed by atoms with Gasteiger partial charge in [-0.25, -0.2) is 0 Å². The summed E-state index contributed by atoms with van der Waals surface area (Å²) < 4.78 is 4.92. The third-order valence-corrected chi connectivity index (χ3v) is 5.71. The minimum absolute atomic E-state index is 0.702. The molecule has 1 aliphatic heterocycles. The number of rotatable bonds is 5. The lowest BCUT2D eigenvalue weighted by atomic mass is 9.60. The maximum absolute atomic E-state index is 12.1. The number of aliphatic hydroxyl groups is 4. The molecule has 0 aliphatic carbocycles. The van der Waals surface area contributed by atoms with E-state index in [0.717, 1.165) is 13.8 Å². The van der Waals surface area contributed by atoms with Gasteiger partial charge in [-0.3, -0.25) is 19.2 Å². The molecule has 0 radical (unpaired) electrons. The summed E-state index contributed by atoms with van der Waals surface area (Å²) in [6, 6.07) is 0. The van der Waals surface area contributed by atoms with Crippen molar-refractivity contribution in [3.05, 3.63) is 0 Å². The number of hydrogen-bond donors (Lipinski definition) is 4. The summed E-state index contributed by atoms with van der Waals surface area (Å²) in [4.78, 5) is 46.0. The van der Waals surface area contributed by atoms with Crippen molar-refractivity contribution in [1.82, 2.24) is 0 Å². The molecule has 5 atom stereocenters. The fourth-order valence-electron chi connectivity index (χ4n) is 2.92. The van der Waals surface area contributed by atoms with Crippen LogP contribution in [0.5, 0.6) is 0 Å². The minimum Gasteiger partial charge on any atom is -0.376 e. The Kier molecular flexibility index (Phi) is 5.29. The smallest absolute Gasteiger partial charge is 0.226 e. The van der Waals surface area contributed by atoms with Crippen molar-refractivity contribution in [2.24, 2.45) is 0 Å². The second-order valence-electron chi connectivity index (χ2n) is 5.91. The van der Waals surface area contributed by atoms with E-state index in [9.17, 15) is 39.6 Å². The molecule has 1 heterocycles. The van der Waals surface area contributed by atoms with Gasteiger partial charge in [0, 0.05) is 0 Å². The summed E-state index contributed by atoms with van der Waals surface area (Å²) in [5, 5.41) is 42.9. The van der Waals surface area contributed by atoms with Crippen LogP contribution in [0, 0.1) is 0 Å². The van der Waals surface area contributed by atoms with Crippen LogP contribution in [-0.2, 0) is 23.9 Å². The molecule has 0 bridgehead atoms. The molecule has 0 aromatic heterocycles. The third-order valence-electron chi connectivity index (χ3n) is 4.44. The molecule has 0 spiro atoms. The van der Waals surface area contributed by atoms with Gasteiger partial charge in [-0.2, -0.15) is 0 Å². The average molecular weight is 411 g/mol. The number of halogens is 1. The van der Waals surface area contributed by atoms with Crippen LogP contribution < -0.4 is 0 Å². The first-order valence-corrected chi connectivity index (χ1v) is 7.77. The Morgan fingerprint density at radius 3 is 1.58 bits per heavy atom. The van der Waals surface area contributed by atoms with Crippen LogP contribution in [-0.4, -0.2) is 77.6 Å². The lowest BCUT2D eigenvalue weighted by Crippen LogP contribution is -2.88. The summed E-state index contributed by atoms with van der Waals surface area (Å²) in [7, 11) is 0. The van der Waals surface area contributed by atoms with Crippen LogP contribution in [0.25, 0.3) is 0 Å². The number of alkyl halides is 1. The largest absolute Gasteiger partial charge is 0.376 e. The Morgan fingerprint density at radius 1 is 0.875 bits per heavy atom. The molecule has 1 rings (SSSR count). The Morgan fingerprint density at radius 2 is 1.29 bits per heavy atom. The monoisotopic (exact) mass is 410 g/mol.